The van der Waals surface area contributed by atoms with Crippen LogP contribution in [0.2, 0.25) is 0 Å². The van der Waals surface area contributed by atoms with E-state index in [0.717, 1.165) is 13.1 Å². The molecule has 0 aliphatic rings. The molecule has 1 atom stereocenters. The van der Waals surface area contributed by atoms with E-state index < -0.39 is 0 Å². The Hall–Kier alpha value is -0.940. The molecule has 16 heavy (non-hydrogen) atoms. The summed E-state index contributed by atoms with van der Waals surface area (Å²) in [6.45, 7) is 11.0. The van der Waals surface area contributed by atoms with Crippen molar-refractivity contribution in [3.63, 3.8) is 0 Å². The molecule has 1 aromatic rings. The SMILES string of the molecule is CCN(CC)Cc1nc([C@H](N)C(C)C)no1. The van der Waals surface area contributed by atoms with Crippen molar-refractivity contribution in [2.24, 2.45) is 11.7 Å². The zero-order chi connectivity index (χ0) is 12.1. The smallest absolute Gasteiger partial charge is 0.240 e. The van der Waals surface area contributed by atoms with Crippen molar-refractivity contribution in [3.8, 4) is 0 Å². The predicted octanol–water partition coefficient (Wildman–Crippen LogP) is 1.57. The van der Waals surface area contributed by atoms with E-state index in [0.29, 0.717) is 24.2 Å². The van der Waals surface area contributed by atoms with E-state index >= 15 is 0 Å². The molecule has 0 bridgehead atoms. The Labute approximate surface area is 97.0 Å². The molecule has 0 saturated carbocycles. The lowest BCUT2D eigenvalue weighted by Gasteiger charge is -2.14. The maximum Gasteiger partial charge on any atom is 0.240 e. The molecular weight excluding hydrogens is 204 g/mol. The molecule has 1 heterocycles. The lowest BCUT2D eigenvalue weighted by atomic mass is 10.1. The number of rotatable bonds is 6. The second kappa shape index (κ2) is 5.96. The van der Waals surface area contributed by atoms with Crippen molar-refractivity contribution in [1.29, 1.82) is 0 Å². The van der Waals surface area contributed by atoms with Gasteiger partial charge in [-0.2, -0.15) is 4.98 Å². The molecule has 5 heteroatoms. The van der Waals surface area contributed by atoms with Crippen LogP contribution in [0.15, 0.2) is 4.52 Å². The average Bonchev–Trinajstić information content (AvgIpc) is 2.73. The molecule has 0 amide bonds. The highest BCUT2D eigenvalue weighted by Crippen LogP contribution is 2.15. The van der Waals surface area contributed by atoms with Gasteiger partial charge in [0.05, 0.1) is 12.6 Å². The summed E-state index contributed by atoms with van der Waals surface area (Å²) in [5.41, 5.74) is 5.95. The van der Waals surface area contributed by atoms with Crippen LogP contribution in [0.3, 0.4) is 0 Å². The first-order chi connectivity index (χ1) is 7.58. The Morgan fingerprint density at radius 2 is 1.94 bits per heavy atom. The maximum absolute atomic E-state index is 5.95. The number of aromatic nitrogens is 2. The fourth-order valence-electron chi connectivity index (χ4n) is 1.40. The zero-order valence-corrected chi connectivity index (χ0v) is 10.6. The van der Waals surface area contributed by atoms with E-state index in [-0.39, 0.29) is 6.04 Å². The van der Waals surface area contributed by atoms with Crippen molar-refractivity contribution in [1.82, 2.24) is 15.0 Å². The topological polar surface area (TPSA) is 68.2 Å². The standard InChI is InChI=1S/C11H22N4O/c1-5-15(6-2)7-9-13-11(14-16-9)10(12)8(3)4/h8,10H,5-7,12H2,1-4H3/t10-/m1/s1. The molecule has 0 spiro atoms. The average molecular weight is 226 g/mol. The molecule has 1 aromatic heterocycles. The lowest BCUT2D eigenvalue weighted by Crippen LogP contribution is -2.22. The molecule has 0 aromatic carbocycles. The minimum Gasteiger partial charge on any atom is -0.338 e. The number of hydrogen-bond acceptors (Lipinski definition) is 5. The van der Waals surface area contributed by atoms with Crippen LogP contribution in [0.4, 0.5) is 0 Å². The highest BCUT2D eigenvalue weighted by atomic mass is 16.5. The molecule has 5 nitrogen and oxygen atoms in total. The van der Waals surface area contributed by atoms with Crippen LogP contribution in [-0.4, -0.2) is 28.1 Å². The summed E-state index contributed by atoms with van der Waals surface area (Å²) >= 11 is 0. The van der Waals surface area contributed by atoms with Crippen LogP contribution in [0, 0.1) is 5.92 Å². The van der Waals surface area contributed by atoms with Gasteiger partial charge in [-0.3, -0.25) is 4.90 Å². The fourth-order valence-corrected chi connectivity index (χ4v) is 1.40. The van der Waals surface area contributed by atoms with Crippen molar-refractivity contribution >= 4 is 0 Å². The maximum atomic E-state index is 5.95. The zero-order valence-electron chi connectivity index (χ0n) is 10.6. The van der Waals surface area contributed by atoms with Crippen molar-refractivity contribution in [2.45, 2.75) is 40.3 Å². The molecule has 92 valence electrons. The lowest BCUT2D eigenvalue weighted by molar-refractivity contribution is 0.245. The molecule has 0 aliphatic carbocycles. The van der Waals surface area contributed by atoms with Gasteiger partial charge in [-0.1, -0.05) is 32.9 Å². The van der Waals surface area contributed by atoms with Crippen molar-refractivity contribution in [2.75, 3.05) is 13.1 Å². The molecule has 0 fully saturated rings. The summed E-state index contributed by atoms with van der Waals surface area (Å²) in [6.07, 6.45) is 0. The molecule has 0 radical (unpaired) electrons. The van der Waals surface area contributed by atoms with Crippen LogP contribution >= 0.6 is 0 Å². The van der Waals surface area contributed by atoms with Crippen molar-refractivity contribution in [3.05, 3.63) is 11.7 Å². The summed E-state index contributed by atoms with van der Waals surface area (Å²) < 4.78 is 5.19. The molecule has 2 N–H and O–H groups in total. The normalized spacial score (nSPS) is 13.7. The Balaban J connectivity index is 2.64. The Morgan fingerprint density at radius 3 is 2.44 bits per heavy atom. The first-order valence-corrected chi connectivity index (χ1v) is 5.88. The van der Waals surface area contributed by atoms with E-state index in [2.05, 4.69) is 28.9 Å². The van der Waals surface area contributed by atoms with Crippen LogP contribution in [0.5, 0.6) is 0 Å². The molecule has 0 aliphatic heterocycles. The monoisotopic (exact) mass is 226 g/mol. The molecule has 0 unspecified atom stereocenters. The summed E-state index contributed by atoms with van der Waals surface area (Å²) in [5.74, 6) is 1.57. The van der Waals surface area contributed by atoms with Gasteiger partial charge in [0.15, 0.2) is 5.82 Å². The van der Waals surface area contributed by atoms with Gasteiger partial charge in [0.2, 0.25) is 5.89 Å². The second-order valence-electron chi connectivity index (χ2n) is 4.28. The van der Waals surface area contributed by atoms with Crippen LogP contribution < -0.4 is 5.73 Å². The molecule has 1 rings (SSSR count). The quantitative estimate of drug-likeness (QED) is 0.797. The van der Waals surface area contributed by atoms with Gasteiger partial charge in [0, 0.05) is 0 Å². The van der Waals surface area contributed by atoms with Gasteiger partial charge in [-0.25, -0.2) is 0 Å². The van der Waals surface area contributed by atoms with Gasteiger partial charge >= 0.3 is 0 Å². The Bertz CT molecular complexity index is 307. The largest absolute Gasteiger partial charge is 0.338 e. The third kappa shape index (κ3) is 3.28. The number of nitrogens with two attached hydrogens (primary N) is 1. The van der Waals surface area contributed by atoms with Crippen LogP contribution in [0.1, 0.15) is 45.5 Å². The fraction of sp³-hybridized carbons (Fsp3) is 0.818. The van der Waals surface area contributed by atoms with E-state index in [4.69, 9.17) is 10.3 Å². The summed E-state index contributed by atoms with van der Waals surface area (Å²) in [4.78, 5) is 6.54. The molecular formula is C11H22N4O. The third-order valence-electron chi connectivity index (χ3n) is 2.75. The summed E-state index contributed by atoms with van der Waals surface area (Å²) in [7, 11) is 0. The molecule has 0 saturated heterocycles. The number of hydrogen-bond donors (Lipinski definition) is 1. The van der Waals surface area contributed by atoms with Gasteiger partial charge in [-0.15, -0.1) is 0 Å². The van der Waals surface area contributed by atoms with Crippen molar-refractivity contribution < 1.29 is 4.52 Å². The van der Waals surface area contributed by atoms with Gasteiger partial charge in [0.25, 0.3) is 0 Å². The number of nitrogens with zero attached hydrogens (tertiary/aromatic N) is 3. The van der Waals surface area contributed by atoms with E-state index in [1.54, 1.807) is 0 Å². The van der Waals surface area contributed by atoms with E-state index in [1.165, 1.54) is 0 Å². The minimum atomic E-state index is -0.144. The Kier molecular flexibility index (Phi) is 4.89. The first-order valence-electron chi connectivity index (χ1n) is 5.88. The first kappa shape index (κ1) is 13.1. The predicted molar refractivity (Wildman–Crippen MR) is 62.7 cm³/mol. The highest BCUT2D eigenvalue weighted by Gasteiger charge is 2.17. The van der Waals surface area contributed by atoms with E-state index in [1.807, 2.05) is 13.8 Å². The van der Waals surface area contributed by atoms with Crippen LogP contribution in [-0.2, 0) is 6.54 Å². The summed E-state index contributed by atoms with van der Waals surface area (Å²) in [6, 6.07) is -0.144. The highest BCUT2D eigenvalue weighted by molar-refractivity contribution is 4.94. The van der Waals surface area contributed by atoms with Gasteiger partial charge < -0.3 is 10.3 Å². The second-order valence-corrected chi connectivity index (χ2v) is 4.28. The third-order valence-corrected chi connectivity index (χ3v) is 2.75. The van der Waals surface area contributed by atoms with Gasteiger partial charge in [-0.05, 0) is 19.0 Å². The van der Waals surface area contributed by atoms with E-state index in [9.17, 15) is 0 Å². The Morgan fingerprint density at radius 1 is 1.31 bits per heavy atom. The minimum absolute atomic E-state index is 0.144. The van der Waals surface area contributed by atoms with Crippen LogP contribution in [0.25, 0.3) is 0 Å². The summed E-state index contributed by atoms with van der Waals surface area (Å²) in [5, 5.41) is 3.92. The van der Waals surface area contributed by atoms with Gasteiger partial charge in [0.1, 0.15) is 0 Å².